The van der Waals surface area contributed by atoms with Gasteiger partial charge in [0.15, 0.2) is 0 Å². The molecule has 0 unspecified atom stereocenters. The van der Waals surface area contributed by atoms with Crippen molar-refractivity contribution in [2.45, 2.75) is 14.7 Å². The summed E-state index contributed by atoms with van der Waals surface area (Å²) in [7, 11) is 0. The summed E-state index contributed by atoms with van der Waals surface area (Å²) < 4.78 is 0. The molecule has 0 saturated carbocycles. The standard InChI is InChI=1S/C13H12S2/c1-14-12-8-5-9-13(10-12)15-11-6-3-2-4-7-11/h2-10H,1H3. The molecule has 0 amide bonds. The first kappa shape index (κ1) is 10.7. The smallest absolute Gasteiger partial charge is 0.0133 e. The molecule has 2 heteroatoms. The maximum atomic E-state index is 2.22. The molecule has 0 aliphatic carbocycles. The van der Waals surface area contributed by atoms with E-state index in [-0.39, 0.29) is 0 Å². The fraction of sp³-hybridized carbons (Fsp3) is 0.0769. The van der Waals surface area contributed by atoms with Crippen LogP contribution in [0.15, 0.2) is 69.3 Å². The second-order valence-electron chi connectivity index (χ2n) is 3.09. The van der Waals surface area contributed by atoms with Crippen LogP contribution in [0.25, 0.3) is 0 Å². The van der Waals surface area contributed by atoms with Gasteiger partial charge >= 0.3 is 0 Å². The molecule has 76 valence electrons. The van der Waals surface area contributed by atoms with Crippen LogP contribution in [0.5, 0.6) is 0 Å². The fourth-order valence-electron chi connectivity index (χ4n) is 1.29. The largest absolute Gasteiger partial charge is 0.130 e. The highest BCUT2D eigenvalue weighted by molar-refractivity contribution is 7.99. The van der Waals surface area contributed by atoms with Crippen LogP contribution in [0.3, 0.4) is 0 Å². The van der Waals surface area contributed by atoms with E-state index >= 15 is 0 Å². The molecule has 0 aliphatic rings. The van der Waals surface area contributed by atoms with E-state index in [1.54, 1.807) is 23.5 Å². The van der Waals surface area contributed by atoms with Gasteiger partial charge in [-0.1, -0.05) is 36.0 Å². The predicted molar refractivity (Wildman–Crippen MR) is 68.8 cm³/mol. The molecule has 0 saturated heterocycles. The molecule has 0 aromatic heterocycles. The quantitative estimate of drug-likeness (QED) is 0.711. The van der Waals surface area contributed by atoms with E-state index in [4.69, 9.17) is 0 Å². The van der Waals surface area contributed by atoms with Crippen LogP contribution in [-0.2, 0) is 0 Å². The Kier molecular flexibility index (Phi) is 3.75. The zero-order chi connectivity index (χ0) is 10.5. The molecular formula is C13H12S2. The van der Waals surface area contributed by atoms with Gasteiger partial charge in [-0.05, 0) is 36.6 Å². The monoisotopic (exact) mass is 232 g/mol. The Morgan fingerprint density at radius 3 is 2.13 bits per heavy atom. The molecule has 2 aromatic carbocycles. The molecule has 2 aromatic rings. The average molecular weight is 232 g/mol. The van der Waals surface area contributed by atoms with Crippen molar-refractivity contribution in [3.63, 3.8) is 0 Å². The molecule has 0 nitrogen and oxygen atoms in total. The first-order chi connectivity index (χ1) is 7.38. The topological polar surface area (TPSA) is 0 Å². The number of hydrogen-bond donors (Lipinski definition) is 0. The predicted octanol–water partition coefficient (Wildman–Crippen LogP) is 4.56. The summed E-state index contributed by atoms with van der Waals surface area (Å²) in [4.78, 5) is 3.90. The summed E-state index contributed by atoms with van der Waals surface area (Å²) in [6.07, 6.45) is 2.10. The van der Waals surface area contributed by atoms with Gasteiger partial charge < -0.3 is 0 Å². The third-order valence-corrected chi connectivity index (χ3v) is 3.74. The summed E-state index contributed by atoms with van der Waals surface area (Å²) in [6, 6.07) is 19.1. The summed E-state index contributed by atoms with van der Waals surface area (Å²) in [5.74, 6) is 0. The molecule has 0 aliphatic heterocycles. The van der Waals surface area contributed by atoms with Gasteiger partial charge in [0.25, 0.3) is 0 Å². The lowest BCUT2D eigenvalue weighted by Crippen LogP contribution is -1.74. The Labute approximate surface area is 99.1 Å². The zero-order valence-corrected chi connectivity index (χ0v) is 10.1. The number of hydrogen-bond acceptors (Lipinski definition) is 2. The summed E-state index contributed by atoms with van der Waals surface area (Å²) in [5, 5.41) is 0. The first-order valence-corrected chi connectivity index (χ1v) is 6.79. The highest BCUT2D eigenvalue weighted by atomic mass is 32.2. The minimum Gasteiger partial charge on any atom is -0.130 e. The van der Waals surface area contributed by atoms with Gasteiger partial charge in [0.05, 0.1) is 0 Å². The van der Waals surface area contributed by atoms with Crippen LogP contribution in [-0.4, -0.2) is 6.26 Å². The Hall–Kier alpha value is -0.860. The van der Waals surface area contributed by atoms with Gasteiger partial charge in [-0.15, -0.1) is 11.8 Å². The molecule has 2 rings (SSSR count). The van der Waals surface area contributed by atoms with E-state index in [0.29, 0.717) is 0 Å². The summed E-state index contributed by atoms with van der Waals surface area (Å²) in [6.45, 7) is 0. The summed E-state index contributed by atoms with van der Waals surface area (Å²) >= 11 is 3.58. The van der Waals surface area contributed by atoms with Gasteiger partial charge in [0.2, 0.25) is 0 Å². The number of rotatable bonds is 3. The van der Waals surface area contributed by atoms with Crippen LogP contribution in [0.4, 0.5) is 0 Å². The minimum atomic E-state index is 1.29. The van der Waals surface area contributed by atoms with E-state index in [1.807, 2.05) is 6.07 Å². The van der Waals surface area contributed by atoms with Crippen molar-refractivity contribution in [2.24, 2.45) is 0 Å². The lowest BCUT2D eigenvalue weighted by molar-refractivity contribution is 1.32. The lowest BCUT2D eigenvalue weighted by Gasteiger charge is -2.02. The van der Waals surface area contributed by atoms with Crippen molar-refractivity contribution >= 4 is 23.5 Å². The first-order valence-electron chi connectivity index (χ1n) is 4.75. The molecule has 15 heavy (non-hydrogen) atoms. The molecule has 0 heterocycles. The fourth-order valence-corrected chi connectivity index (χ4v) is 2.72. The molecule has 0 spiro atoms. The SMILES string of the molecule is CSc1cccc(Sc2ccccc2)c1. The van der Waals surface area contributed by atoms with E-state index in [0.717, 1.165) is 0 Å². The second-order valence-corrected chi connectivity index (χ2v) is 5.12. The van der Waals surface area contributed by atoms with Gasteiger partial charge in [0, 0.05) is 14.7 Å². The second kappa shape index (κ2) is 5.29. The van der Waals surface area contributed by atoms with Crippen LogP contribution >= 0.6 is 23.5 Å². The highest BCUT2D eigenvalue weighted by Gasteiger charge is 1.97. The lowest BCUT2D eigenvalue weighted by atomic mass is 10.4. The van der Waals surface area contributed by atoms with Crippen molar-refractivity contribution in [1.82, 2.24) is 0 Å². The highest BCUT2D eigenvalue weighted by Crippen LogP contribution is 2.29. The zero-order valence-electron chi connectivity index (χ0n) is 8.51. The Morgan fingerprint density at radius 2 is 1.40 bits per heavy atom. The van der Waals surface area contributed by atoms with E-state index < -0.39 is 0 Å². The Bertz CT molecular complexity index is 424. The van der Waals surface area contributed by atoms with Gasteiger partial charge in [0.1, 0.15) is 0 Å². The van der Waals surface area contributed by atoms with Gasteiger partial charge in [-0.25, -0.2) is 0 Å². The Balaban J connectivity index is 2.17. The van der Waals surface area contributed by atoms with Crippen molar-refractivity contribution in [3.8, 4) is 0 Å². The average Bonchev–Trinajstić information content (AvgIpc) is 2.31. The maximum Gasteiger partial charge on any atom is 0.0133 e. The molecule has 0 N–H and O–H groups in total. The third-order valence-electron chi connectivity index (χ3n) is 2.02. The van der Waals surface area contributed by atoms with Crippen molar-refractivity contribution in [1.29, 1.82) is 0 Å². The van der Waals surface area contributed by atoms with E-state index in [9.17, 15) is 0 Å². The van der Waals surface area contributed by atoms with Crippen LogP contribution in [0, 0.1) is 0 Å². The van der Waals surface area contributed by atoms with E-state index in [2.05, 4.69) is 54.8 Å². The minimum absolute atomic E-state index is 1.29. The molecule has 0 bridgehead atoms. The normalized spacial score (nSPS) is 10.2. The number of thioether (sulfide) groups is 1. The van der Waals surface area contributed by atoms with Crippen molar-refractivity contribution in [2.75, 3.05) is 6.26 Å². The van der Waals surface area contributed by atoms with Crippen LogP contribution < -0.4 is 0 Å². The van der Waals surface area contributed by atoms with Crippen molar-refractivity contribution in [3.05, 3.63) is 54.6 Å². The Morgan fingerprint density at radius 1 is 0.733 bits per heavy atom. The third kappa shape index (κ3) is 3.05. The molecule has 0 radical (unpaired) electrons. The van der Waals surface area contributed by atoms with Crippen molar-refractivity contribution < 1.29 is 0 Å². The van der Waals surface area contributed by atoms with Crippen LogP contribution in [0.1, 0.15) is 0 Å². The molecule has 0 fully saturated rings. The molecular weight excluding hydrogens is 220 g/mol. The van der Waals surface area contributed by atoms with Gasteiger partial charge in [-0.3, -0.25) is 0 Å². The summed E-state index contributed by atoms with van der Waals surface area (Å²) in [5.41, 5.74) is 0. The molecule has 0 atom stereocenters. The van der Waals surface area contributed by atoms with E-state index in [1.165, 1.54) is 14.7 Å². The maximum absolute atomic E-state index is 2.22. The number of benzene rings is 2. The van der Waals surface area contributed by atoms with Gasteiger partial charge in [-0.2, -0.15) is 0 Å². The van der Waals surface area contributed by atoms with Crippen LogP contribution in [0.2, 0.25) is 0 Å².